The molecule has 0 heterocycles. The molecule has 2 rings (SSSR count). The molecule has 25 heavy (non-hydrogen) atoms. The van der Waals surface area contributed by atoms with Gasteiger partial charge in [-0.05, 0) is 30.5 Å². The molecule has 0 aromatic heterocycles. The molecule has 7 heteroatoms. The minimum Gasteiger partial charge on any atom is -0.355 e. The van der Waals surface area contributed by atoms with Crippen LogP contribution in [-0.4, -0.2) is 32.0 Å². The van der Waals surface area contributed by atoms with Crippen LogP contribution in [0.2, 0.25) is 5.02 Å². The van der Waals surface area contributed by atoms with Crippen molar-refractivity contribution in [3.8, 4) is 0 Å². The molecule has 1 saturated carbocycles. The Morgan fingerprint density at radius 1 is 1.16 bits per heavy atom. The summed E-state index contributed by atoms with van der Waals surface area (Å²) in [5.74, 6) is 1.11. The molecule has 1 aromatic rings. The van der Waals surface area contributed by atoms with E-state index in [0.717, 1.165) is 23.4 Å². The SMILES string of the molecule is CN=C(NCCNC(=O)C1CCCCC1)NCc1cccc(Cl)c1.I. The van der Waals surface area contributed by atoms with Gasteiger partial charge in [0.2, 0.25) is 5.91 Å². The van der Waals surface area contributed by atoms with Crippen LogP contribution >= 0.6 is 35.6 Å². The van der Waals surface area contributed by atoms with E-state index in [1.807, 2.05) is 24.3 Å². The van der Waals surface area contributed by atoms with Gasteiger partial charge in [-0.3, -0.25) is 9.79 Å². The van der Waals surface area contributed by atoms with E-state index in [1.165, 1.54) is 19.3 Å². The van der Waals surface area contributed by atoms with Crippen LogP contribution in [0.15, 0.2) is 29.3 Å². The molecule has 1 aromatic carbocycles. The molecule has 140 valence electrons. The van der Waals surface area contributed by atoms with Crippen LogP contribution in [0.25, 0.3) is 0 Å². The van der Waals surface area contributed by atoms with Crippen LogP contribution in [0.4, 0.5) is 0 Å². The van der Waals surface area contributed by atoms with Crippen LogP contribution in [0.3, 0.4) is 0 Å². The first kappa shape index (κ1) is 22.0. The highest BCUT2D eigenvalue weighted by molar-refractivity contribution is 14.0. The van der Waals surface area contributed by atoms with Gasteiger partial charge in [-0.25, -0.2) is 0 Å². The van der Waals surface area contributed by atoms with Gasteiger partial charge in [0.1, 0.15) is 0 Å². The number of amides is 1. The first-order valence-corrected chi connectivity index (χ1v) is 9.03. The molecular weight excluding hydrogens is 451 g/mol. The van der Waals surface area contributed by atoms with Crippen molar-refractivity contribution in [2.45, 2.75) is 38.6 Å². The molecule has 1 amide bonds. The Bertz CT molecular complexity index is 562. The maximum Gasteiger partial charge on any atom is 0.223 e. The second kappa shape index (κ2) is 12.4. The van der Waals surface area contributed by atoms with E-state index >= 15 is 0 Å². The number of carbonyl (C=O) groups excluding carboxylic acids is 1. The number of carbonyl (C=O) groups is 1. The summed E-state index contributed by atoms with van der Waals surface area (Å²) in [6.45, 7) is 1.90. The predicted molar refractivity (Wildman–Crippen MR) is 115 cm³/mol. The molecule has 1 fully saturated rings. The van der Waals surface area contributed by atoms with Gasteiger partial charge in [0.15, 0.2) is 5.96 Å². The van der Waals surface area contributed by atoms with Crippen molar-refractivity contribution in [3.05, 3.63) is 34.9 Å². The molecule has 1 aliphatic carbocycles. The molecule has 0 unspecified atom stereocenters. The average molecular weight is 479 g/mol. The molecule has 0 aliphatic heterocycles. The Hall–Kier alpha value is -1.02. The monoisotopic (exact) mass is 478 g/mol. The highest BCUT2D eigenvalue weighted by Gasteiger charge is 2.20. The number of rotatable bonds is 6. The zero-order valence-corrected chi connectivity index (χ0v) is 17.8. The van der Waals surface area contributed by atoms with E-state index < -0.39 is 0 Å². The van der Waals surface area contributed by atoms with Gasteiger partial charge in [0, 0.05) is 37.6 Å². The van der Waals surface area contributed by atoms with E-state index in [1.54, 1.807) is 7.05 Å². The quantitative estimate of drug-likeness (QED) is 0.254. The molecule has 0 radical (unpaired) electrons. The number of guanidine groups is 1. The van der Waals surface area contributed by atoms with E-state index in [4.69, 9.17) is 11.6 Å². The van der Waals surface area contributed by atoms with E-state index in [-0.39, 0.29) is 35.8 Å². The molecular formula is C18H28ClIN4O. The largest absolute Gasteiger partial charge is 0.355 e. The standard InChI is InChI=1S/C18H27ClN4O.HI/c1-20-18(23-13-14-6-5-9-16(19)12-14)22-11-10-21-17(24)15-7-3-2-4-8-15;/h5-6,9,12,15H,2-4,7-8,10-11,13H2,1H3,(H,21,24)(H2,20,22,23);1H. The number of halogens is 2. The van der Waals surface area contributed by atoms with Crippen molar-refractivity contribution in [3.63, 3.8) is 0 Å². The van der Waals surface area contributed by atoms with Crippen molar-refractivity contribution < 1.29 is 4.79 Å². The van der Waals surface area contributed by atoms with Gasteiger partial charge < -0.3 is 16.0 Å². The number of nitrogens with zero attached hydrogens (tertiary/aromatic N) is 1. The molecule has 0 bridgehead atoms. The number of hydrogen-bond donors (Lipinski definition) is 3. The van der Waals surface area contributed by atoms with Gasteiger partial charge >= 0.3 is 0 Å². The smallest absolute Gasteiger partial charge is 0.223 e. The van der Waals surface area contributed by atoms with Crippen LogP contribution in [0.5, 0.6) is 0 Å². The maximum absolute atomic E-state index is 12.1. The van der Waals surface area contributed by atoms with E-state index in [0.29, 0.717) is 25.6 Å². The van der Waals surface area contributed by atoms with Crippen molar-refractivity contribution in [2.75, 3.05) is 20.1 Å². The summed E-state index contributed by atoms with van der Waals surface area (Å²) in [7, 11) is 1.73. The van der Waals surface area contributed by atoms with Crippen molar-refractivity contribution in [2.24, 2.45) is 10.9 Å². The Labute approximate surface area is 172 Å². The van der Waals surface area contributed by atoms with E-state index in [9.17, 15) is 4.79 Å². The fourth-order valence-corrected chi connectivity index (χ4v) is 3.14. The molecule has 1 aliphatic rings. The van der Waals surface area contributed by atoms with Crippen molar-refractivity contribution in [1.82, 2.24) is 16.0 Å². The molecule has 0 spiro atoms. The Morgan fingerprint density at radius 2 is 1.88 bits per heavy atom. The lowest BCUT2D eigenvalue weighted by Crippen LogP contribution is -2.42. The summed E-state index contributed by atoms with van der Waals surface area (Å²) >= 11 is 5.98. The minimum absolute atomic E-state index is 0. The average Bonchev–Trinajstić information content (AvgIpc) is 2.61. The first-order chi connectivity index (χ1) is 11.7. The summed E-state index contributed by atoms with van der Waals surface area (Å²) in [5, 5.41) is 10.2. The second-order valence-electron chi connectivity index (χ2n) is 6.11. The third kappa shape index (κ3) is 8.27. The molecule has 0 saturated heterocycles. The third-order valence-corrected chi connectivity index (χ3v) is 4.50. The summed E-state index contributed by atoms with van der Waals surface area (Å²) in [6, 6.07) is 7.71. The Kier molecular flexibility index (Phi) is 10.9. The van der Waals surface area contributed by atoms with Crippen molar-refractivity contribution in [1.29, 1.82) is 0 Å². The number of hydrogen-bond acceptors (Lipinski definition) is 2. The van der Waals surface area contributed by atoms with Gasteiger partial charge in [-0.15, -0.1) is 24.0 Å². The van der Waals surface area contributed by atoms with Crippen LogP contribution < -0.4 is 16.0 Å². The fraction of sp³-hybridized carbons (Fsp3) is 0.556. The summed E-state index contributed by atoms with van der Waals surface area (Å²) in [5.41, 5.74) is 1.09. The van der Waals surface area contributed by atoms with E-state index in [2.05, 4.69) is 20.9 Å². The second-order valence-corrected chi connectivity index (χ2v) is 6.54. The third-order valence-electron chi connectivity index (χ3n) is 4.27. The zero-order chi connectivity index (χ0) is 17.2. The summed E-state index contributed by atoms with van der Waals surface area (Å²) in [6.07, 6.45) is 5.68. The lowest BCUT2D eigenvalue weighted by atomic mass is 9.89. The normalized spacial score (nSPS) is 15.2. The van der Waals surface area contributed by atoms with Crippen molar-refractivity contribution >= 4 is 47.4 Å². The predicted octanol–water partition coefficient (Wildman–Crippen LogP) is 3.32. The Balaban J connectivity index is 0.00000312. The Morgan fingerprint density at radius 3 is 2.56 bits per heavy atom. The number of benzene rings is 1. The number of aliphatic imine (C=N–C) groups is 1. The molecule has 0 atom stereocenters. The highest BCUT2D eigenvalue weighted by Crippen LogP contribution is 2.23. The maximum atomic E-state index is 12.1. The molecule has 3 N–H and O–H groups in total. The summed E-state index contributed by atoms with van der Waals surface area (Å²) in [4.78, 5) is 16.2. The highest BCUT2D eigenvalue weighted by atomic mass is 127. The topological polar surface area (TPSA) is 65.5 Å². The molecule has 5 nitrogen and oxygen atoms in total. The van der Waals surface area contributed by atoms with Gasteiger partial charge in [-0.1, -0.05) is 43.0 Å². The van der Waals surface area contributed by atoms with Crippen LogP contribution in [-0.2, 0) is 11.3 Å². The van der Waals surface area contributed by atoms with Crippen LogP contribution in [0.1, 0.15) is 37.7 Å². The first-order valence-electron chi connectivity index (χ1n) is 8.65. The minimum atomic E-state index is 0. The van der Waals surface area contributed by atoms with Crippen LogP contribution in [0, 0.1) is 5.92 Å². The summed E-state index contributed by atoms with van der Waals surface area (Å²) < 4.78 is 0. The fourth-order valence-electron chi connectivity index (χ4n) is 2.93. The lowest BCUT2D eigenvalue weighted by Gasteiger charge is -2.21. The number of nitrogens with one attached hydrogen (secondary N) is 3. The zero-order valence-electron chi connectivity index (χ0n) is 14.7. The van der Waals surface area contributed by atoms with Gasteiger partial charge in [0.25, 0.3) is 0 Å². The van der Waals surface area contributed by atoms with Gasteiger partial charge in [-0.2, -0.15) is 0 Å². The lowest BCUT2D eigenvalue weighted by molar-refractivity contribution is -0.125. The van der Waals surface area contributed by atoms with Gasteiger partial charge in [0.05, 0.1) is 0 Å².